The first-order valence-electron chi connectivity index (χ1n) is 4.96. The van der Waals surface area contributed by atoms with Gasteiger partial charge in [0.15, 0.2) is 11.6 Å². The van der Waals surface area contributed by atoms with E-state index in [-0.39, 0.29) is 0 Å². The van der Waals surface area contributed by atoms with E-state index >= 15 is 0 Å². The second-order valence-electron chi connectivity index (χ2n) is 3.46. The molecule has 0 amide bonds. The molecule has 0 radical (unpaired) electrons. The number of nitrogens with zero attached hydrogens (tertiary/aromatic N) is 2. The van der Waals surface area contributed by atoms with Crippen molar-refractivity contribution in [2.24, 2.45) is 0 Å². The fourth-order valence-corrected chi connectivity index (χ4v) is 1.44. The largest absolute Gasteiger partial charge is 0.378 e. The number of rotatable bonds is 3. The summed E-state index contributed by atoms with van der Waals surface area (Å²) in [4.78, 5) is 8.00. The van der Waals surface area contributed by atoms with E-state index in [0.717, 1.165) is 12.1 Å². The highest BCUT2D eigenvalue weighted by molar-refractivity contribution is 5.59. The Labute approximate surface area is 97.1 Å². The maximum atomic E-state index is 13.1. The van der Waals surface area contributed by atoms with Gasteiger partial charge in [-0.05, 0) is 24.3 Å². The van der Waals surface area contributed by atoms with Crippen molar-refractivity contribution >= 4 is 0 Å². The average Bonchev–Trinajstić information content (AvgIpc) is 2.33. The summed E-state index contributed by atoms with van der Waals surface area (Å²) in [5.74, 6) is -1.77. The van der Waals surface area contributed by atoms with E-state index in [0.29, 0.717) is 23.6 Å². The van der Waals surface area contributed by atoms with Crippen LogP contribution in [0.3, 0.4) is 0 Å². The van der Waals surface area contributed by atoms with E-state index in [4.69, 9.17) is 4.74 Å². The quantitative estimate of drug-likeness (QED) is 0.821. The molecule has 0 aliphatic carbocycles. The zero-order valence-electron chi connectivity index (χ0n) is 9.15. The van der Waals surface area contributed by atoms with Gasteiger partial charge in [0.05, 0.1) is 18.0 Å². The number of methoxy groups -OCH3 is 1. The van der Waals surface area contributed by atoms with Gasteiger partial charge in [-0.25, -0.2) is 18.7 Å². The van der Waals surface area contributed by atoms with E-state index < -0.39 is 11.6 Å². The van der Waals surface area contributed by atoms with E-state index in [1.807, 2.05) is 0 Å². The van der Waals surface area contributed by atoms with Crippen molar-refractivity contribution < 1.29 is 13.5 Å². The maximum absolute atomic E-state index is 13.1. The highest BCUT2D eigenvalue weighted by atomic mass is 19.2. The molecule has 3 nitrogen and oxygen atoms in total. The van der Waals surface area contributed by atoms with Crippen LogP contribution in [0, 0.1) is 11.6 Å². The van der Waals surface area contributed by atoms with Crippen LogP contribution in [0.4, 0.5) is 8.78 Å². The van der Waals surface area contributed by atoms with Gasteiger partial charge in [0.25, 0.3) is 0 Å². The summed E-state index contributed by atoms with van der Waals surface area (Å²) >= 11 is 0. The number of halogens is 2. The Kier molecular flexibility index (Phi) is 3.39. The number of hydrogen-bond donors (Lipinski definition) is 0. The first kappa shape index (κ1) is 11.6. The van der Waals surface area contributed by atoms with Gasteiger partial charge in [-0.2, -0.15) is 0 Å². The first-order chi connectivity index (χ1) is 8.20. The van der Waals surface area contributed by atoms with Crippen LogP contribution in [-0.4, -0.2) is 17.1 Å². The van der Waals surface area contributed by atoms with Crippen LogP contribution < -0.4 is 0 Å². The Morgan fingerprint density at radius 3 is 2.65 bits per heavy atom. The van der Waals surface area contributed by atoms with Crippen molar-refractivity contribution in [3.63, 3.8) is 0 Å². The SMILES string of the molecule is COCc1cc(-c2ccc(F)c(F)c2)ncn1. The molecule has 1 aromatic heterocycles. The minimum Gasteiger partial charge on any atom is -0.378 e. The van der Waals surface area contributed by atoms with Crippen LogP contribution >= 0.6 is 0 Å². The maximum Gasteiger partial charge on any atom is 0.159 e. The molecule has 0 unspecified atom stereocenters. The Morgan fingerprint density at radius 2 is 1.94 bits per heavy atom. The lowest BCUT2D eigenvalue weighted by atomic mass is 10.1. The van der Waals surface area contributed by atoms with Gasteiger partial charge in [-0.1, -0.05) is 0 Å². The average molecular weight is 236 g/mol. The molecule has 1 heterocycles. The van der Waals surface area contributed by atoms with Crippen LogP contribution in [0.25, 0.3) is 11.3 Å². The van der Waals surface area contributed by atoms with Crippen LogP contribution in [0.15, 0.2) is 30.6 Å². The standard InChI is InChI=1S/C12H10F2N2O/c1-17-6-9-5-12(16-7-15-9)8-2-3-10(13)11(14)4-8/h2-5,7H,6H2,1H3. The number of hydrogen-bond acceptors (Lipinski definition) is 3. The normalized spacial score (nSPS) is 10.5. The highest BCUT2D eigenvalue weighted by Gasteiger charge is 2.06. The molecule has 0 N–H and O–H groups in total. The fourth-order valence-electron chi connectivity index (χ4n) is 1.44. The van der Waals surface area contributed by atoms with Crippen molar-refractivity contribution in [3.8, 4) is 11.3 Å². The zero-order chi connectivity index (χ0) is 12.3. The summed E-state index contributed by atoms with van der Waals surface area (Å²) in [5.41, 5.74) is 1.72. The Balaban J connectivity index is 2.38. The van der Waals surface area contributed by atoms with Crippen molar-refractivity contribution in [2.45, 2.75) is 6.61 Å². The lowest BCUT2D eigenvalue weighted by Gasteiger charge is -2.03. The number of aromatic nitrogens is 2. The molecule has 0 saturated heterocycles. The molecule has 0 spiro atoms. The van der Waals surface area contributed by atoms with Gasteiger partial charge in [0.1, 0.15) is 6.33 Å². The van der Waals surface area contributed by atoms with E-state index in [2.05, 4.69) is 9.97 Å². The Hall–Kier alpha value is -1.88. The van der Waals surface area contributed by atoms with Crippen molar-refractivity contribution in [1.29, 1.82) is 0 Å². The van der Waals surface area contributed by atoms with E-state index in [1.165, 1.54) is 12.4 Å². The second kappa shape index (κ2) is 4.97. The molecule has 88 valence electrons. The summed E-state index contributed by atoms with van der Waals surface area (Å²) in [6.07, 6.45) is 1.37. The van der Waals surface area contributed by atoms with Gasteiger partial charge in [0.2, 0.25) is 0 Å². The third-order valence-corrected chi connectivity index (χ3v) is 2.23. The van der Waals surface area contributed by atoms with Gasteiger partial charge in [-0.15, -0.1) is 0 Å². The van der Waals surface area contributed by atoms with Gasteiger partial charge < -0.3 is 4.74 Å². The Morgan fingerprint density at radius 1 is 1.12 bits per heavy atom. The van der Waals surface area contributed by atoms with Crippen molar-refractivity contribution in [1.82, 2.24) is 9.97 Å². The molecule has 0 saturated carbocycles. The van der Waals surface area contributed by atoms with Crippen LogP contribution in [0.1, 0.15) is 5.69 Å². The first-order valence-corrected chi connectivity index (χ1v) is 4.96. The molecule has 0 aliphatic rings. The molecule has 0 aliphatic heterocycles. The predicted molar refractivity (Wildman–Crippen MR) is 58.1 cm³/mol. The van der Waals surface area contributed by atoms with Crippen LogP contribution in [-0.2, 0) is 11.3 Å². The fraction of sp³-hybridized carbons (Fsp3) is 0.167. The van der Waals surface area contributed by atoms with E-state index in [9.17, 15) is 8.78 Å². The predicted octanol–water partition coefficient (Wildman–Crippen LogP) is 2.57. The molecular formula is C12H10F2N2O. The summed E-state index contributed by atoms with van der Waals surface area (Å²) < 4.78 is 30.8. The minimum absolute atomic E-state index is 0.346. The summed E-state index contributed by atoms with van der Waals surface area (Å²) in [5, 5.41) is 0. The molecule has 0 fully saturated rings. The smallest absolute Gasteiger partial charge is 0.159 e. The molecule has 17 heavy (non-hydrogen) atoms. The number of ether oxygens (including phenoxy) is 1. The monoisotopic (exact) mass is 236 g/mol. The van der Waals surface area contributed by atoms with Crippen molar-refractivity contribution in [3.05, 3.63) is 47.9 Å². The third-order valence-electron chi connectivity index (χ3n) is 2.23. The highest BCUT2D eigenvalue weighted by Crippen LogP contribution is 2.19. The second-order valence-corrected chi connectivity index (χ2v) is 3.46. The van der Waals surface area contributed by atoms with Gasteiger partial charge in [0, 0.05) is 12.7 Å². The molecule has 2 rings (SSSR count). The minimum atomic E-state index is -0.894. The van der Waals surface area contributed by atoms with Crippen molar-refractivity contribution in [2.75, 3.05) is 7.11 Å². The third kappa shape index (κ3) is 2.62. The molecule has 0 bridgehead atoms. The van der Waals surface area contributed by atoms with Crippen LogP contribution in [0.2, 0.25) is 0 Å². The molecular weight excluding hydrogens is 226 g/mol. The molecule has 2 aromatic rings. The van der Waals surface area contributed by atoms with Crippen LogP contribution in [0.5, 0.6) is 0 Å². The summed E-state index contributed by atoms with van der Waals surface area (Å²) in [7, 11) is 1.55. The van der Waals surface area contributed by atoms with E-state index in [1.54, 1.807) is 13.2 Å². The number of benzene rings is 1. The van der Waals surface area contributed by atoms with Gasteiger partial charge in [-0.3, -0.25) is 0 Å². The molecule has 1 aromatic carbocycles. The summed E-state index contributed by atoms with van der Waals surface area (Å²) in [6.45, 7) is 0.346. The summed E-state index contributed by atoms with van der Waals surface area (Å²) in [6, 6.07) is 5.32. The lowest BCUT2D eigenvalue weighted by Crippen LogP contribution is -1.95. The lowest BCUT2D eigenvalue weighted by molar-refractivity contribution is 0.181. The molecule has 5 heteroatoms. The Bertz CT molecular complexity index is 532. The van der Waals surface area contributed by atoms with Gasteiger partial charge >= 0.3 is 0 Å². The zero-order valence-corrected chi connectivity index (χ0v) is 9.15. The molecule has 0 atom stereocenters. The topological polar surface area (TPSA) is 35.0 Å².